The van der Waals surface area contributed by atoms with Gasteiger partial charge in [-0.3, -0.25) is 10.2 Å². The predicted octanol–water partition coefficient (Wildman–Crippen LogP) is 1.20. The van der Waals surface area contributed by atoms with Crippen molar-refractivity contribution in [2.45, 2.75) is 32.6 Å². The number of carboxylic acid groups (broad SMARTS) is 1. The van der Waals surface area contributed by atoms with Gasteiger partial charge in [0.15, 0.2) is 0 Å². The molecule has 0 aromatic heterocycles. The molecule has 1 atom stereocenters. The lowest BCUT2D eigenvalue weighted by Crippen LogP contribution is -2.11. The summed E-state index contributed by atoms with van der Waals surface area (Å²) in [5.41, 5.74) is 5.14. The van der Waals surface area contributed by atoms with Gasteiger partial charge in [-0.25, -0.2) is 0 Å². The molecule has 4 heteroatoms. The van der Waals surface area contributed by atoms with Crippen LogP contribution in [0.1, 0.15) is 32.6 Å². The summed E-state index contributed by atoms with van der Waals surface area (Å²) >= 11 is 0. The Balaban J connectivity index is 3.31. The van der Waals surface area contributed by atoms with Gasteiger partial charge < -0.3 is 10.8 Å². The summed E-state index contributed by atoms with van der Waals surface area (Å²) in [6, 6.07) is 0. The van der Waals surface area contributed by atoms with Crippen molar-refractivity contribution >= 4 is 11.8 Å². The normalized spacial score (nSPS) is 12.4. The number of carboxylic acids is 1. The quantitative estimate of drug-likeness (QED) is 0.319. The maximum atomic E-state index is 10.4. The van der Waals surface area contributed by atoms with Crippen LogP contribution in [0, 0.1) is 11.3 Å². The Hall–Kier alpha value is -1.06. The zero-order valence-electron chi connectivity index (χ0n) is 7.34. The highest BCUT2D eigenvalue weighted by Crippen LogP contribution is 2.08. The fourth-order valence-electron chi connectivity index (χ4n) is 0.889. The van der Waals surface area contributed by atoms with Gasteiger partial charge >= 0.3 is 5.97 Å². The van der Waals surface area contributed by atoms with Gasteiger partial charge in [0.05, 0.1) is 11.8 Å². The third-order valence-electron chi connectivity index (χ3n) is 1.75. The van der Waals surface area contributed by atoms with Crippen molar-refractivity contribution < 1.29 is 9.90 Å². The van der Waals surface area contributed by atoms with Crippen LogP contribution in [0.4, 0.5) is 0 Å². The van der Waals surface area contributed by atoms with E-state index >= 15 is 0 Å². The molecule has 0 rings (SSSR count). The highest BCUT2D eigenvalue weighted by atomic mass is 16.4. The maximum Gasteiger partial charge on any atom is 0.306 e. The smallest absolute Gasteiger partial charge is 0.306 e. The van der Waals surface area contributed by atoms with E-state index in [-0.39, 0.29) is 11.8 Å². The average Bonchev–Trinajstić information content (AvgIpc) is 1.97. The largest absolute Gasteiger partial charge is 0.481 e. The first-order chi connectivity index (χ1) is 5.54. The van der Waals surface area contributed by atoms with E-state index in [1.54, 1.807) is 6.92 Å². The number of rotatable bonds is 6. The zero-order chi connectivity index (χ0) is 9.56. The number of unbranched alkanes of at least 4 members (excludes halogenated alkanes) is 1. The number of aliphatic carboxylic acids is 1. The lowest BCUT2D eigenvalue weighted by Gasteiger charge is -2.04. The van der Waals surface area contributed by atoms with E-state index in [9.17, 15) is 4.79 Å². The summed E-state index contributed by atoms with van der Waals surface area (Å²) in [5, 5.41) is 15.4. The number of carbonyl (C=O) groups is 1. The second-order valence-electron chi connectivity index (χ2n) is 3.01. The van der Waals surface area contributed by atoms with Crippen LogP contribution in [0.2, 0.25) is 0 Å². The predicted molar refractivity (Wildman–Crippen MR) is 47.2 cm³/mol. The van der Waals surface area contributed by atoms with Crippen LogP contribution in [-0.4, -0.2) is 16.9 Å². The average molecular weight is 172 g/mol. The molecular formula is C8H16N2O2. The van der Waals surface area contributed by atoms with Gasteiger partial charge in [0, 0.05) is 6.42 Å². The van der Waals surface area contributed by atoms with E-state index < -0.39 is 5.97 Å². The van der Waals surface area contributed by atoms with Gasteiger partial charge in [0.25, 0.3) is 0 Å². The topological polar surface area (TPSA) is 87.2 Å². The Morgan fingerprint density at radius 1 is 1.58 bits per heavy atom. The van der Waals surface area contributed by atoms with E-state index in [2.05, 4.69) is 0 Å². The SMILES string of the molecule is CC(CCCCC(=N)N)C(=O)O. The lowest BCUT2D eigenvalue weighted by molar-refractivity contribution is -0.141. The summed E-state index contributed by atoms with van der Waals surface area (Å²) in [6.45, 7) is 1.69. The number of hydrogen-bond donors (Lipinski definition) is 3. The van der Waals surface area contributed by atoms with Crippen molar-refractivity contribution in [2.24, 2.45) is 11.7 Å². The van der Waals surface area contributed by atoms with E-state index in [0.717, 1.165) is 12.8 Å². The van der Waals surface area contributed by atoms with Crippen LogP contribution in [0.3, 0.4) is 0 Å². The molecule has 4 nitrogen and oxygen atoms in total. The molecule has 0 bridgehead atoms. The molecule has 0 saturated heterocycles. The summed E-state index contributed by atoms with van der Waals surface area (Å²) in [6.07, 6.45) is 2.88. The monoisotopic (exact) mass is 172 g/mol. The maximum absolute atomic E-state index is 10.4. The van der Waals surface area contributed by atoms with Crippen LogP contribution in [0.15, 0.2) is 0 Å². The molecule has 0 fully saturated rings. The van der Waals surface area contributed by atoms with Crippen LogP contribution in [0.25, 0.3) is 0 Å². The number of amidine groups is 1. The molecule has 0 aliphatic rings. The minimum atomic E-state index is -0.752. The molecule has 0 heterocycles. The second-order valence-corrected chi connectivity index (χ2v) is 3.01. The molecule has 0 amide bonds. The fourth-order valence-corrected chi connectivity index (χ4v) is 0.889. The number of hydrogen-bond acceptors (Lipinski definition) is 2. The summed E-state index contributed by atoms with van der Waals surface area (Å²) in [4.78, 5) is 10.4. The van der Waals surface area contributed by atoms with E-state index in [1.807, 2.05) is 0 Å². The second kappa shape index (κ2) is 5.57. The van der Waals surface area contributed by atoms with E-state index in [4.69, 9.17) is 16.2 Å². The van der Waals surface area contributed by atoms with Crippen LogP contribution in [-0.2, 0) is 4.79 Å². The molecule has 12 heavy (non-hydrogen) atoms. The molecule has 1 unspecified atom stereocenters. The van der Waals surface area contributed by atoms with E-state index in [1.165, 1.54) is 0 Å². The van der Waals surface area contributed by atoms with Crippen molar-refractivity contribution in [3.05, 3.63) is 0 Å². The molecule has 4 N–H and O–H groups in total. The van der Waals surface area contributed by atoms with Gasteiger partial charge in [-0.05, 0) is 12.8 Å². The van der Waals surface area contributed by atoms with Gasteiger partial charge in [-0.1, -0.05) is 13.3 Å². The summed E-state index contributed by atoms with van der Waals surface area (Å²) in [7, 11) is 0. The van der Waals surface area contributed by atoms with Gasteiger partial charge in [-0.2, -0.15) is 0 Å². The molecule has 0 saturated carbocycles. The molecule has 0 aromatic carbocycles. The molecule has 0 radical (unpaired) electrons. The Bertz CT molecular complexity index is 168. The molecule has 0 aliphatic heterocycles. The standard InChI is InChI=1S/C8H16N2O2/c1-6(8(11)12)4-2-3-5-7(9)10/h6H,2-5H2,1H3,(H3,9,10)(H,11,12). The highest BCUT2D eigenvalue weighted by Gasteiger charge is 2.09. The molecule has 0 aliphatic carbocycles. The minimum Gasteiger partial charge on any atom is -0.481 e. The Kier molecular flexibility index (Phi) is 5.08. The van der Waals surface area contributed by atoms with Crippen molar-refractivity contribution in [1.29, 1.82) is 5.41 Å². The first kappa shape index (κ1) is 10.9. The third-order valence-corrected chi connectivity index (χ3v) is 1.75. The Morgan fingerprint density at radius 3 is 2.58 bits per heavy atom. The van der Waals surface area contributed by atoms with Crippen molar-refractivity contribution in [3.8, 4) is 0 Å². The lowest BCUT2D eigenvalue weighted by atomic mass is 10.0. The molecule has 70 valence electrons. The van der Waals surface area contributed by atoms with Crippen molar-refractivity contribution in [3.63, 3.8) is 0 Å². The van der Waals surface area contributed by atoms with Crippen LogP contribution in [0.5, 0.6) is 0 Å². The first-order valence-electron chi connectivity index (χ1n) is 4.09. The van der Waals surface area contributed by atoms with Crippen LogP contribution >= 0.6 is 0 Å². The first-order valence-corrected chi connectivity index (χ1v) is 4.09. The molecule has 0 spiro atoms. The Labute approximate surface area is 72.3 Å². The van der Waals surface area contributed by atoms with Crippen molar-refractivity contribution in [2.75, 3.05) is 0 Å². The zero-order valence-corrected chi connectivity index (χ0v) is 7.34. The highest BCUT2D eigenvalue weighted by molar-refractivity contribution is 5.76. The van der Waals surface area contributed by atoms with Crippen molar-refractivity contribution in [1.82, 2.24) is 0 Å². The third kappa shape index (κ3) is 5.70. The Morgan fingerprint density at radius 2 is 2.17 bits per heavy atom. The van der Waals surface area contributed by atoms with Crippen LogP contribution < -0.4 is 5.73 Å². The summed E-state index contributed by atoms with van der Waals surface area (Å²) < 4.78 is 0. The molecular weight excluding hydrogens is 156 g/mol. The van der Waals surface area contributed by atoms with Gasteiger partial charge in [-0.15, -0.1) is 0 Å². The molecule has 0 aromatic rings. The number of nitrogens with two attached hydrogens (primary N) is 1. The van der Waals surface area contributed by atoms with Gasteiger partial charge in [0.2, 0.25) is 0 Å². The van der Waals surface area contributed by atoms with E-state index in [0.29, 0.717) is 12.8 Å². The van der Waals surface area contributed by atoms with Gasteiger partial charge in [0.1, 0.15) is 0 Å². The fraction of sp³-hybridized carbons (Fsp3) is 0.750. The summed E-state index contributed by atoms with van der Waals surface area (Å²) in [5.74, 6) is -0.854. The number of nitrogens with one attached hydrogen (secondary N) is 1. The minimum absolute atomic E-state index is 0.179.